The van der Waals surface area contributed by atoms with Crippen LogP contribution in [0.1, 0.15) is 48.3 Å². The highest BCUT2D eigenvalue weighted by atomic mass is 19.3. The fraction of sp³-hybridized carbons (Fsp3) is 0.429. The number of carbonyl (C=O) groups is 2. The summed E-state index contributed by atoms with van der Waals surface area (Å²) in [5, 5.41) is 9.82. The summed E-state index contributed by atoms with van der Waals surface area (Å²) in [6.45, 7) is 2.64. The quantitative estimate of drug-likeness (QED) is 0.814. The molecule has 0 saturated heterocycles. The van der Waals surface area contributed by atoms with Crippen molar-refractivity contribution in [2.75, 3.05) is 5.32 Å². The highest BCUT2D eigenvalue weighted by Gasteiger charge is 2.23. The number of aromatic nitrogens is 4. The first-order chi connectivity index (χ1) is 11.3. The average Bonchev–Trinajstić information content (AvgIpc) is 3.12. The Kier molecular flexibility index (Phi) is 5.27. The number of nitrogens with zero attached hydrogens (tertiary/aromatic N) is 4. The molecule has 0 spiro atoms. The maximum Gasteiger partial charge on any atom is 0.361 e. The Balaban J connectivity index is 2.28. The van der Waals surface area contributed by atoms with Crippen molar-refractivity contribution in [1.29, 1.82) is 0 Å². The Morgan fingerprint density at radius 2 is 2.08 bits per heavy atom. The van der Waals surface area contributed by atoms with E-state index in [2.05, 4.69) is 15.5 Å². The summed E-state index contributed by atoms with van der Waals surface area (Å²) in [5.74, 6) is -1.54. The number of hydrogen-bond donors (Lipinski definition) is 1. The second-order valence-electron chi connectivity index (χ2n) is 5.09. The summed E-state index contributed by atoms with van der Waals surface area (Å²) >= 11 is 0. The molecule has 0 radical (unpaired) electrons. The van der Waals surface area contributed by atoms with E-state index in [1.165, 1.54) is 10.9 Å². The van der Waals surface area contributed by atoms with Crippen LogP contribution >= 0.6 is 0 Å². The van der Waals surface area contributed by atoms with Gasteiger partial charge in [-0.1, -0.05) is 0 Å². The Labute approximate surface area is 136 Å². The standard InChI is InChI=1S/C14H17F2N5O3/c1-4-20-7-9(11(19-20)13(23)24-8(2)3)18-12(22)10-5-6-17-21(10)14(15)16/h5-8,14H,4H2,1-3H3,(H,18,22). The van der Waals surface area contributed by atoms with Crippen LogP contribution < -0.4 is 5.32 Å². The number of esters is 1. The third-order valence-electron chi connectivity index (χ3n) is 2.96. The van der Waals surface area contributed by atoms with Gasteiger partial charge in [0.15, 0.2) is 5.69 Å². The van der Waals surface area contributed by atoms with Crippen LogP contribution in [-0.4, -0.2) is 37.5 Å². The van der Waals surface area contributed by atoms with Gasteiger partial charge < -0.3 is 10.1 Å². The van der Waals surface area contributed by atoms with Crippen LogP contribution in [0.5, 0.6) is 0 Å². The van der Waals surface area contributed by atoms with Gasteiger partial charge in [0, 0.05) is 18.9 Å². The summed E-state index contributed by atoms with van der Waals surface area (Å²) in [6.07, 6.45) is 2.15. The van der Waals surface area contributed by atoms with Gasteiger partial charge in [0.05, 0.1) is 11.8 Å². The predicted molar refractivity (Wildman–Crippen MR) is 79.9 cm³/mol. The maximum absolute atomic E-state index is 12.8. The number of hydrogen-bond acceptors (Lipinski definition) is 5. The summed E-state index contributed by atoms with van der Waals surface area (Å²) in [4.78, 5) is 24.3. The number of alkyl halides is 2. The number of aryl methyl sites for hydroxylation is 1. The lowest BCUT2D eigenvalue weighted by atomic mass is 10.3. The molecule has 0 bridgehead atoms. The van der Waals surface area contributed by atoms with Crippen LogP contribution in [-0.2, 0) is 11.3 Å². The SMILES string of the molecule is CCn1cc(NC(=O)c2ccnn2C(F)F)c(C(=O)OC(C)C)n1. The molecule has 0 unspecified atom stereocenters. The molecule has 0 aliphatic carbocycles. The number of halogens is 2. The second-order valence-corrected chi connectivity index (χ2v) is 5.09. The van der Waals surface area contributed by atoms with Crippen LogP contribution in [0.3, 0.4) is 0 Å². The van der Waals surface area contributed by atoms with Gasteiger partial charge in [-0.3, -0.25) is 9.48 Å². The van der Waals surface area contributed by atoms with Crippen molar-refractivity contribution in [1.82, 2.24) is 19.6 Å². The minimum absolute atomic E-state index is 0.0783. The monoisotopic (exact) mass is 341 g/mol. The molecular weight excluding hydrogens is 324 g/mol. The van der Waals surface area contributed by atoms with E-state index in [0.717, 1.165) is 12.3 Å². The molecule has 0 saturated carbocycles. The zero-order valence-electron chi connectivity index (χ0n) is 13.4. The van der Waals surface area contributed by atoms with Gasteiger partial charge in [-0.05, 0) is 26.8 Å². The van der Waals surface area contributed by atoms with Gasteiger partial charge in [0.1, 0.15) is 5.69 Å². The molecule has 8 nitrogen and oxygen atoms in total. The van der Waals surface area contributed by atoms with E-state index in [4.69, 9.17) is 4.74 Å². The van der Waals surface area contributed by atoms with E-state index in [0.29, 0.717) is 6.54 Å². The summed E-state index contributed by atoms with van der Waals surface area (Å²) in [6, 6.07) is 1.15. The molecule has 24 heavy (non-hydrogen) atoms. The van der Waals surface area contributed by atoms with Crippen LogP contribution in [0, 0.1) is 0 Å². The van der Waals surface area contributed by atoms with E-state index >= 15 is 0 Å². The fourth-order valence-corrected chi connectivity index (χ4v) is 1.93. The largest absolute Gasteiger partial charge is 0.458 e. The van der Waals surface area contributed by atoms with Crippen LogP contribution in [0.4, 0.5) is 14.5 Å². The van der Waals surface area contributed by atoms with Gasteiger partial charge in [-0.15, -0.1) is 0 Å². The predicted octanol–water partition coefficient (Wildman–Crippen LogP) is 2.31. The Bertz CT molecular complexity index is 739. The number of anilines is 1. The van der Waals surface area contributed by atoms with Crippen LogP contribution in [0.25, 0.3) is 0 Å². The molecule has 2 heterocycles. The molecule has 0 fully saturated rings. The average molecular weight is 341 g/mol. The Morgan fingerprint density at radius 1 is 1.38 bits per heavy atom. The van der Waals surface area contributed by atoms with E-state index in [9.17, 15) is 18.4 Å². The third kappa shape index (κ3) is 3.76. The summed E-state index contributed by atoms with van der Waals surface area (Å²) in [7, 11) is 0. The van der Waals surface area contributed by atoms with E-state index in [1.807, 2.05) is 0 Å². The first kappa shape index (κ1) is 17.6. The second kappa shape index (κ2) is 7.20. The highest BCUT2D eigenvalue weighted by molar-refractivity contribution is 6.06. The highest BCUT2D eigenvalue weighted by Crippen LogP contribution is 2.19. The van der Waals surface area contributed by atoms with Gasteiger partial charge in [0.2, 0.25) is 0 Å². The van der Waals surface area contributed by atoms with E-state index < -0.39 is 18.4 Å². The lowest BCUT2D eigenvalue weighted by Crippen LogP contribution is -2.20. The maximum atomic E-state index is 12.8. The zero-order chi connectivity index (χ0) is 17.9. The molecule has 130 valence electrons. The van der Waals surface area contributed by atoms with Crippen molar-refractivity contribution in [3.05, 3.63) is 29.8 Å². The topological polar surface area (TPSA) is 91.0 Å². The molecule has 10 heteroatoms. The van der Waals surface area contributed by atoms with Gasteiger partial charge in [-0.2, -0.15) is 23.7 Å². The minimum Gasteiger partial charge on any atom is -0.458 e. The minimum atomic E-state index is -2.95. The van der Waals surface area contributed by atoms with Crippen molar-refractivity contribution in [3.63, 3.8) is 0 Å². The zero-order valence-corrected chi connectivity index (χ0v) is 13.4. The van der Waals surface area contributed by atoms with E-state index in [-0.39, 0.29) is 27.9 Å². The number of nitrogens with one attached hydrogen (secondary N) is 1. The molecular formula is C14H17F2N5O3. The summed E-state index contributed by atoms with van der Waals surface area (Å²) < 4.78 is 32.4. The summed E-state index contributed by atoms with van der Waals surface area (Å²) in [5.41, 5.74) is -0.353. The van der Waals surface area contributed by atoms with Crippen LogP contribution in [0.15, 0.2) is 18.5 Å². The van der Waals surface area contributed by atoms with Gasteiger partial charge in [-0.25, -0.2) is 4.79 Å². The smallest absolute Gasteiger partial charge is 0.361 e. The van der Waals surface area contributed by atoms with Crippen molar-refractivity contribution in [2.24, 2.45) is 0 Å². The van der Waals surface area contributed by atoms with Crippen molar-refractivity contribution >= 4 is 17.6 Å². The number of rotatable bonds is 6. The molecule has 0 atom stereocenters. The molecule has 2 aromatic rings. The molecule has 1 amide bonds. The van der Waals surface area contributed by atoms with Crippen LogP contribution in [0.2, 0.25) is 0 Å². The van der Waals surface area contributed by atoms with Crippen molar-refractivity contribution < 1.29 is 23.1 Å². The molecule has 0 aliphatic rings. The first-order valence-corrected chi connectivity index (χ1v) is 7.25. The number of carbonyl (C=O) groups excluding carboxylic acids is 2. The fourth-order valence-electron chi connectivity index (χ4n) is 1.93. The van der Waals surface area contributed by atoms with Gasteiger partial charge in [0.25, 0.3) is 5.91 Å². The molecule has 0 aromatic carbocycles. The molecule has 2 rings (SSSR count). The molecule has 1 N–H and O–H groups in total. The van der Waals surface area contributed by atoms with Gasteiger partial charge >= 0.3 is 12.5 Å². The third-order valence-corrected chi connectivity index (χ3v) is 2.96. The van der Waals surface area contributed by atoms with E-state index in [1.54, 1.807) is 20.8 Å². The number of amides is 1. The Hall–Kier alpha value is -2.78. The lowest BCUT2D eigenvalue weighted by Gasteiger charge is -2.09. The first-order valence-electron chi connectivity index (χ1n) is 7.25. The normalized spacial score (nSPS) is 11.1. The molecule has 2 aromatic heterocycles. The lowest BCUT2D eigenvalue weighted by molar-refractivity contribution is 0.0370. The molecule has 0 aliphatic heterocycles. The number of ether oxygens (including phenoxy) is 1. The van der Waals surface area contributed by atoms with Crippen molar-refractivity contribution in [2.45, 2.75) is 40.0 Å². The Morgan fingerprint density at radius 3 is 2.67 bits per heavy atom. The van der Waals surface area contributed by atoms with Crippen molar-refractivity contribution in [3.8, 4) is 0 Å².